The molecule has 0 unspecified atom stereocenters. The number of H-pyrrole nitrogens is 1. The highest BCUT2D eigenvalue weighted by Crippen LogP contribution is 1.97. The SMILES string of the molecule is CC.COc1c[n+](=O)c(C)c[nH]1. The monoisotopic (exact) mass is 171 g/mol. The van der Waals surface area contributed by atoms with E-state index in [1.165, 1.54) is 13.3 Å². The van der Waals surface area contributed by atoms with Crippen molar-refractivity contribution in [1.82, 2.24) is 4.98 Å². The molecule has 68 valence electrons. The van der Waals surface area contributed by atoms with Crippen LogP contribution in [0.4, 0.5) is 0 Å². The maximum Gasteiger partial charge on any atom is 0.287 e. The molecule has 1 heterocycles. The average molecular weight is 171 g/mol. The van der Waals surface area contributed by atoms with E-state index in [-0.39, 0.29) is 0 Å². The molecule has 4 heteroatoms. The molecule has 1 aromatic rings. The number of aromatic amines is 1. The molecule has 0 aliphatic heterocycles. The normalized spacial score (nSPS) is 8.33. The third-order valence-corrected chi connectivity index (χ3v) is 1.23. The van der Waals surface area contributed by atoms with Crippen molar-refractivity contribution in [1.29, 1.82) is 0 Å². The molecular weight excluding hydrogens is 156 g/mol. The Balaban J connectivity index is 0.000000561. The number of nitrogens with zero attached hydrogens (tertiary/aromatic N) is 1. The second-order valence-corrected chi connectivity index (χ2v) is 1.95. The molecule has 0 saturated carbocycles. The zero-order chi connectivity index (χ0) is 9.56. The maximum atomic E-state index is 10.8. The predicted octanol–water partition coefficient (Wildman–Crippen LogP) is 1.27. The minimum atomic E-state index is 0.459. The second kappa shape index (κ2) is 5.35. The lowest BCUT2D eigenvalue weighted by Crippen LogP contribution is -2.18. The summed E-state index contributed by atoms with van der Waals surface area (Å²) in [4.78, 5) is 13.6. The van der Waals surface area contributed by atoms with Crippen LogP contribution in [0.5, 0.6) is 5.88 Å². The van der Waals surface area contributed by atoms with Gasteiger partial charge in [-0.05, 0) is 0 Å². The number of aromatic nitrogens is 2. The van der Waals surface area contributed by atoms with Crippen molar-refractivity contribution < 1.29 is 9.16 Å². The fraction of sp³-hybridized carbons (Fsp3) is 0.500. The highest BCUT2D eigenvalue weighted by molar-refractivity contribution is 4.99. The van der Waals surface area contributed by atoms with Crippen molar-refractivity contribution in [2.24, 2.45) is 0 Å². The maximum absolute atomic E-state index is 10.8. The summed E-state index contributed by atoms with van der Waals surface area (Å²) < 4.78 is 5.52. The molecule has 0 amide bonds. The lowest BCUT2D eigenvalue weighted by atomic mass is 10.5. The van der Waals surface area contributed by atoms with E-state index in [1.54, 1.807) is 13.1 Å². The van der Waals surface area contributed by atoms with Gasteiger partial charge in [0.15, 0.2) is 0 Å². The standard InChI is InChI=1S/C6H9N2O2.C2H6/c1-5-3-7-6(10-2)4-8(5)9;1-2/h3-4H,1-2H3,(H,7,9);1-2H3/q+1;. The molecule has 0 spiro atoms. The van der Waals surface area contributed by atoms with Crippen LogP contribution >= 0.6 is 0 Å². The Labute approximate surface area is 71.8 Å². The fourth-order valence-corrected chi connectivity index (χ4v) is 0.596. The van der Waals surface area contributed by atoms with Crippen LogP contribution in [0.15, 0.2) is 12.4 Å². The van der Waals surface area contributed by atoms with E-state index in [1.807, 2.05) is 13.8 Å². The molecule has 1 rings (SSSR count). The van der Waals surface area contributed by atoms with Gasteiger partial charge >= 0.3 is 0 Å². The van der Waals surface area contributed by atoms with Crippen LogP contribution in [0, 0.1) is 11.8 Å². The van der Waals surface area contributed by atoms with E-state index >= 15 is 0 Å². The van der Waals surface area contributed by atoms with Crippen molar-refractivity contribution in [3.05, 3.63) is 23.0 Å². The molecule has 0 bridgehead atoms. The van der Waals surface area contributed by atoms with Gasteiger partial charge in [0, 0.05) is 11.8 Å². The van der Waals surface area contributed by atoms with Crippen molar-refractivity contribution >= 4 is 0 Å². The van der Waals surface area contributed by atoms with Gasteiger partial charge in [0.1, 0.15) is 0 Å². The van der Waals surface area contributed by atoms with Gasteiger partial charge in [-0.25, -0.2) is 0 Å². The lowest BCUT2D eigenvalue weighted by molar-refractivity contribution is -0.504. The van der Waals surface area contributed by atoms with Gasteiger partial charge in [-0.3, -0.25) is 0 Å². The van der Waals surface area contributed by atoms with Crippen molar-refractivity contribution in [3.63, 3.8) is 0 Å². The average Bonchev–Trinajstić information content (AvgIpc) is 2.13. The van der Waals surface area contributed by atoms with Gasteiger partial charge in [-0.15, -0.1) is 0 Å². The zero-order valence-corrected chi connectivity index (χ0v) is 7.92. The lowest BCUT2D eigenvalue weighted by Gasteiger charge is -1.91. The predicted molar refractivity (Wildman–Crippen MR) is 46.8 cm³/mol. The Hall–Kier alpha value is -1.32. The van der Waals surface area contributed by atoms with Crippen LogP contribution in [0.3, 0.4) is 0 Å². The fourth-order valence-electron chi connectivity index (χ4n) is 0.596. The summed E-state index contributed by atoms with van der Waals surface area (Å²) in [7, 11) is 1.50. The summed E-state index contributed by atoms with van der Waals surface area (Å²) in [5.74, 6) is 0.459. The molecule has 4 nitrogen and oxygen atoms in total. The van der Waals surface area contributed by atoms with Gasteiger partial charge in [-0.1, -0.05) is 13.8 Å². The third-order valence-electron chi connectivity index (χ3n) is 1.23. The van der Waals surface area contributed by atoms with E-state index in [0.717, 1.165) is 4.43 Å². The molecule has 1 N–H and O–H groups in total. The first-order valence-corrected chi connectivity index (χ1v) is 3.89. The van der Waals surface area contributed by atoms with E-state index in [0.29, 0.717) is 11.6 Å². The van der Waals surface area contributed by atoms with Gasteiger partial charge in [0.25, 0.3) is 17.8 Å². The van der Waals surface area contributed by atoms with Crippen molar-refractivity contribution in [2.75, 3.05) is 7.11 Å². The van der Waals surface area contributed by atoms with Gasteiger partial charge in [-0.2, -0.15) is 0 Å². The first-order chi connectivity index (χ1) is 5.74. The number of methoxy groups -OCH3 is 1. The van der Waals surface area contributed by atoms with Crippen LogP contribution in [-0.2, 0) is 0 Å². The molecular formula is C8H15N2O2+. The van der Waals surface area contributed by atoms with E-state index in [9.17, 15) is 4.91 Å². The summed E-state index contributed by atoms with van der Waals surface area (Å²) in [5, 5.41) is 0. The highest BCUT2D eigenvalue weighted by Gasteiger charge is 2.02. The van der Waals surface area contributed by atoms with Crippen LogP contribution in [0.1, 0.15) is 19.5 Å². The van der Waals surface area contributed by atoms with Crippen LogP contribution in [-0.4, -0.2) is 12.1 Å². The molecule has 0 fully saturated rings. The summed E-state index contributed by atoms with van der Waals surface area (Å²) >= 11 is 0. The number of rotatable bonds is 1. The highest BCUT2D eigenvalue weighted by atomic mass is 16.5. The Bertz CT molecular complexity index is 281. The molecule has 12 heavy (non-hydrogen) atoms. The number of hydrogen-bond donors (Lipinski definition) is 1. The first-order valence-electron chi connectivity index (χ1n) is 3.89. The Morgan fingerprint density at radius 2 is 2.08 bits per heavy atom. The van der Waals surface area contributed by atoms with Crippen LogP contribution in [0.25, 0.3) is 0 Å². The molecule has 0 radical (unpaired) electrons. The van der Waals surface area contributed by atoms with E-state index < -0.39 is 0 Å². The number of hydrogen-bond acceptors (Lipinski definition) is 2. The summed E-state index contributed by atoms with van der Waals surface area (Å²) in [5.41, 5.74) is 0.612. The summed E-state index contributed by atoms with van der Waals surface area (Å²) in [6.45, 7) is 5.71. The van der Waals surface area contributed by atoms with E-state index in [4.69, 9.17) is 4.74 Å². The number of nitrogens with one attached hydrogen (secondary N) is 1. The molecule has 0 aromatic carbocycles. The van der Waals surface area contributed by atoms with Crippen LogP contribution in [0.2, 0.25) is 0 Å². The Morgan fingerprint density at radius 3 is 2.50 bits per heavy atom. The van der Waals surface area contributed by atoms with E-state index in [2.05, 4.69) is 4.98 Å². The smallest absolute Gasteiger partial charge is 0.287 e. The molecule has 1 aromatic heterocycles. The minimum absolute atomic E-state index is 0.459. The number of ether oxygens (including phenoxy) is 1. The minimum Gasteiger partial charge on any atom is -0.478 e. The van der Waals surface area contributed by atoms with Gasteiger partial charge in [0.05, 0.1) is 17.7 Å². The topological polar surface area (TPSA) is 48.0 Å². The quantitative estimate of drug-likeness (QED) is 0.647. The van der Waals surface area contributed by atoms with Crippen molar-refractivity contribution in [3.8, 4) is 5.88 Å². The Kier molecular flexibility index (Phi) is 4.76. The first kappa shape index (κ1) is 10.7. The third kappa shape index (κ3) is 2.74. The summed E-state index contributed by atoms with van der Waals surface area (Å²) in [6, 6.07) is 0. The van der Waals surface area contributed by atoms with Gasteiger partial charge in [0.2, 0.25) is 0 Å². The molecule has 0 aliphatic carbocycles. The van der Waals surface area contributed by atoms with Crippen molar-refractivity contribution in [2.45, 2.75) is 20.8 Å². The molecule has 0 saturated heterocycles. The summed E-state index contributed by atoms with van der Waals surface area (Å²) in [6.07, 6.45) is 2.93. The van der Waals surface area contributed by atoms with Crippen LogP contribution < -0.4 is 9.16 Å². The van der Waals surface area contributed by atoms with Gasteiger partial charge < -0.3 is 9.72 Å². The second-order valence-electron chi connectivity index (χ2n) is 1.95. The Morgan fingerprint density at radius 1 is 1.50 bits per heavy atom. The molecule has 0 aliphatic rings. The number of aryl methyl sites for hydroxylation is 1. The largest absolute Gasteiger partial charge is 0.478 e. The zero-order valence-electron chi connectivity index (χ0n) is 7.92. The molecule has 0 atom stereocenters.